The van der Waals surface area contributed by atoms with Gasteiger partial charge in [-0.25, -0.2) is 0 Å². The van der Waals surface area contributed by atoms with E-state index in [1.807, 2.05) is 0 Å². The average molecular weight is 135 g/mol. The van der Waals surface area contributed by atoms with Gasteiger partial charge in [-0.3, -0.25) is 0 Å². The largest absolute Gasteiger partial charge is 0.373 e. The Bertz CT molecular complexity index is 150. The summed E-state index contributed by atoms with van der Waals surface area (Å²) < 4.78 is 5.49. The Hall–Kier alpha value is -0.560. The number of allylic oxidation sites excluding steroid dienone is 2. The van der Waals surface area contributed by atoms with Crippen molar-refractivity contribution in [1.82, 2.24) is 0 Å². The molecule has 2 atom stereocenters. The zero-order chi connectivity index (χ0) is 6.81. The summed E-state index contributed by atoms with van der Waals surface area (Å²) in [4.78, 5) is 0. The summed E-state index contributed by atoms with van der Waals surface area (Å²) in [6.07, 6.45) is 12.2. The molecular weight excluding hydrogens is 124 g/mol. The first-order chi connectivity index (χ1) is 4.97. The molecule has 0 N–H and O–H groups in total. The minimum absolute atomic E-state index is 0.356. The Labute approximate surface area is 61.4 Å². The molecule has 0 aromatic heterocycles. The predicted octanol–water partition coefficient (Wildman–Crippen LogP) is 1.72. The molecule has 0 saturated carbocycles. The molecule has 53 valence electrons. The third kappa shape index (κ3) is 1.01. The van der Waals surface area contributed by atoms with E-state index in [1.54, 1.807) is 0 Å². The Morgan fingerprint density at radius 3 is 3.00 bits per heavy atom. The minimum Gasteiger partial charge on any atom is -0.373 e. The first-order valence-electron chi connectivity index (χ1n) is 3.75. The molecule has 1 heteroatoms. The van der Waals surface area contributed by atoms with Gasteiger partial charge in [0.15, 0.2) is 0 Å². The van der Waals surface area contributed by atoms with Gasteiger partial charge in [-0.05, 0) is 12.8 Å². The van der Waals surface area contributed by atoms with Crippen molar-refractivity contribution in [2.45, 2.75) is 12.5 Å². The van der Waals surface area contributed by atoms with Crippen LogP contribution < -0.4 is 0 Å². The molecule has 1 aliphatic carbocycles. The fraction of sp³-hybridized carbons (Fsp3) is 0.444. The first-order valence-corrected chi connectivity index (χ1v) is 3.75. The van der Waals surface area contributed by atoms with Gasteiger partial charge in [0.05, 0.1) is 12.7 Å². The summed E-state index contributed by atoms with van der Waals surface area (Å²) in [5.74, 6) is 0.610. The van der Waals surface area contributed by atoms with Crippen LogP contribution in [-0.2, 0) is 4.74 Å². The summed E-state index contributed by atoms with van der Waals surface area (Å²) in [5, 5.41) is 0. The van der Waals surface area contributed by atoms with Crippen LogP contribution in [0.25, 0.3) is 0 Å². The highest BCUT2D eigenvalue weighted by molar-refractivity contribution is 5.17. The fourth-order valence-electron chi connectivity index (χ4n) is 1.46. The number of rotatable bonds is 0. The number of ether oxygens (including phenoxy) is 1. The van der Waals surface area contributed by atoms with E-state index >= 15 is 0 Å². The van der Waals surface area contributed by atoms with Crippen molar-refractivity contribution in [1.29, 1.82) is 0 Å². The predicted molar refractivity (Wildman–Crippen MR) is 40.4 cm³/mol. The van der Waals surface area contributed by atoms with Crippen LogP contribution in [0.2, 0.25) is 0 Å². The molecule has 2 aliphatic rings. The van der Waals surface area contributed by atoms with E-state index < -0.39 is 0 Å². The van der Waals surface area contributed by atoms with Gasteiger partial charge in [0.2, 0.25) is 0 Å². The third-order valence-corrected chi connectivity index (χ3v) is 2.04. The zero-order valence-electron chi connectivity index (χ0n) is 5.86. The summed E-state index contributed by atoms with van der Waals surface area (Å²) >= 11 is 0. The minimum atomic E-state index is 0.356. The standard InChI is InChI=1S/C9H11O/c1-2-6-9-8(4-1)5-3-7-10-9/h1-4,6,8-9H,5,7H2. The highest BCUT2D eigenvalue weighted by Gasteiger charge is 2.22. The molecule has 1 aliphatic heterocycles. The first kappa shape index (κ1) is 6.17. The van der Waals surface area contributed by atoms with Gasteiger partial charge in [-0.15, -0.1) is 0 Å². The lowest BCUT2D eigenvalue weighted by Gasteiger charge is -2.28. The molecule has 0 aromatic carbocycles. The van der Waals surface area contributed by atoms with E-state index in [-0.39, 0.29) is 0 Å². The SMILES string of the molecule is [CH]1COC2C=CC=CC2C1. The summed E-state index contributed by atoms with van der Waals surface area (Å²) in [7, 11) is 0. The highest BCUT2D eigenvalue weighted by Crippen LogP contribution is 2.24. The second kappa shape index (κ2) is 2.59. The Balaban J connectivity index is 2.09. The van der Waals surface area contributed by atoms with Crippen molar-refractivity contribution < 1.29 is 4.74 Å². The van der Waals surface area contributed by atoms with Crippen molar-refractivity contribution in [3.05, 3.63) is 30.7 Å². The van der Waals surface area contributed by atoms with E-state index in [0.29, 0.717) is 12.0 Å². The van der Waals surface area contributed by atoms with Gasteiger partial charge >= 0.3 is 0 Å². The number of fused-ring (bicyclic) bond motifs is 1. The van der Waals surface area contributed by atoms with Gasteiger partial charge in [0.25, 0.3) is 0 Å². The van der Waals surface area contributed by atoms with Crippen LogP contribution in [0.3, 0.4) is 0 Å². The monoisotopic (exact) mass is 135 g/mol. The number of hydrogen-bond donors (Lipinski definition) is 0. The smallest absolute Gasteiger partial charge is 0.0821 e. The molecule has 1 radical (unpaired) electrons. The lowest BCUT2D eigenvalue weighted by Crippen LogP contribution is -2.27. The molecule has 1 fully saturated rings. The fourth-order valence-corrected chi connectivity index (χ4v) is 1.46. The molecular formula is C9H11O. The topological polar surface area (TPSA) is 9.23 Å². The summed E-state index contributed by atoms with van der Waals surface area (Å²) in [6, 6.07) is 0. The lowest BCUT2D eigenvalue weighted by atomic mass is 9.91. The molecule has 1 nitrogen and oxygen atoms in total. The highest BCUT2D eigenvalue weighted by atomic mass is 16.5. The molecule has 1 saturated heterocycles. The van der Waals surface area contributed by atoms with Crippen molar-refractivity contribution in [2.75, 3.05) is 6.61 Å². The van der Waals surface area contributed by atoms with Gasteiger partial charge in [0, 0.05) is 5.92 Å². The summed E-state index contributed by atoms with van der Waals surface area (Å²) in [6.45, 7) is 0.819. The van der Waals surface area contributed by atoms with Crippen molar-refractivity contribution in [2.24, 2.45) is 5.92 Å². The Morgan fingerprint density at radius 1 is 1.20 bits per heavy atom. The van der Waals surface area contributed by atoms with Crippen LogP contribution in [-0.4, -0.2) is 12.7 Å². The third-order valence-electron chi connectivity index (χ3n) is 2.04. The normalized spacial score (nSPS) is 37.6. The van der Waals surface area contributed by atoms with E-state index in [0.717, 1.165) is 6.61 Å². The van der Waals surface area contributed by atoms with E-state index in [9.17, 15) is 0 Å². The second-order valence-electron chi connectivity index (χ2n) is 2.76. The van der Waals surface area contributed by atoms with Crippen molar-refractivity contribution >= 4 is 0 Å². The maximum atomic E-state index is 5.49. The average Bonchev–Trinajstić information content (AvgIpc) is 2.05. The van der Waals surface area contributed by atoms with Crippen molar-refractivity contribution in [3.63, 3.8) is 0 Å². The maximum Gasteiger partial charge on any atom is 0.0821 e. The maximum absolute atomic E-state index is 5.49. The van der Waals surface area contributed by atoms with Crippen LogP contribution >= 0.6 is 0 Å². The molecule has 0 bridgehead atoms. The van der Waals surface area contributed by atoms with Crippen LogP contribution in [0, 0.1) is 12.3 Å². The van der Waals surface area contributed by atoms with Crippen LogP contribution in [0.5, 0.6) is 0 Å². The lowest BCUT2D eigenvalue weighted by molar-refractivity contribution is 0.0450. The Morgan fingerprint density at radius 2 is 2.10 bits per heavy atom. The van der Waals surface area contributed by atoms with E-state index in [2.05, 4.69) is 30.7 Å². The van der Waals surface area contributed by atoms with E-state index in [4.69, 9.17) is 4.74 Å². The number of hydrogen-bond acceptors (Lipinski definition) is 1. The quantitative estimate of drug-likeness (QED) is 0.491. The molecule has 2 unspecified atom stereocenters. The van der Waals surface area contributed by atoms with Gasteiger partial charge in [-0.2, -0.15) is 0 Å². The molecule has 0 spiro atoms. The van der Waals surface area contributed by atoms with Gasteiger partial charge < -0.3 is 4.74 Å². The molecule has 10 heavy (non-hydrogen) atoms. The summed E-state index contributed by atoms with van der Waals surface area (Å²) in [5.41, 5.74) is 0. The molecule has 0 amide bonds. The van der Waals surface area contributed by atoms with Gasteiger partial charge in [-0.1, -0.05) is 24.3 Å². The van der Waals surface area contributed by atoms with Crippen LogP contribution in [0.15, 0.2) is 24.3 Å². The molecule has 1 heterocycles. The van der Waals surface area contributed by atoms with Crippen molar-refractivity contribution in [3.8, 4) is 0 Å². The van der Waals surface area contributed by atoms with Crippen LogP contribution in [0.1, 0.15) is 6.42 Å². The van der Waals surface area contributed by atoms with Gasteiger partial charge in [0.1, 0.15) is 0 Å². The zero-order valence-corrected chi connectivity index (χ0v) is 5.86. The van der Waals surface area contributed by atoms with E-state index in [1.165, 1.54) is 6.42 Å². The second-order valence-corrected chi connectivity index (χ2v) is 2.76. The molecule has 2 rings (SSSR count). The van der Waals surface area contributed by atoms with Crippen LogP contribution in [0.4, 0.5) is 0 Å². The molecule has 0 aromatic rings. The Kier molecular flexibility index (Phi) is 1.60.